The highest BCUT2D eigenvalue weighted by molar-refractivity contribution is 5.42. The van der Waals surface area contributed by atoms with Crippen LogP contribution in [0.5, 0.6) is 0 Å². The molecule has 1 aromatic carbocycles. The van der Waals surface area contributed by atoms with E-state index in [-0.39, 0.29) is 6.61 Å². The molecule has 0 spiro atoms. The second-order valence-corrected chi connectivity index (χ2v) is 4.62. The van der Waals surface area contributed by atoms with E-state index < -0.39 is 0 Å². The molecule has 0 fully saturated rings. The topological polar surface area (TPSA) is 38.0 Å². The van der Waals surface area contributed by atoms with Gasteiger partial charge in [0.05, 0.1) is 18.0 Å². The largest absolute Gasteiger partial charge is 0.392 e. The van der Waals surface area contributed by atoms with Crippen molar-refractivity contribution in [2.24, 2.45) is 0 Å². The molecule has 1 N–H and O–H groups in total. The summed E-state index contributed by atoms with van der Waals surface area (Å²) in [7, 11) is 0. The lowest BCUT2D eigenvalue weighted by molar-refractivity contribution is 0.282. The molecular formula is C14H18N2O. The molecule has 0 saturated heterocycles. The van der Waals surface area contributed by atoms with Crippen molar-refractivity contribution in [3.05, 3.63) is 47.3 Å². The molecule has 0 bridgehead atoms. The third-order valence-electron chi connectivity index (χ3n) is 2.89. The summed E-state index contributed by atoms with van der Waals surface area (Å²) >= 11 is 0. The summed E-state index contributed by atoms with van der Waals surface area (Å²) in [6.45, 7) is 6.38. The van der Waals surface area contributed by atoms with Gasteiger partial charge in [-0.1, -0.05) is 26.0 Å². The molecule has 0 unspecified atom stereocenters. The molecule has 2 rings (SSSR count). The van der Waals surface area contributed by atoms with Gasteiger partial charge in [-0.05, 0) is 36.1 Å². The summed E-state index contributed by atoms with van der Waals surface area (Å²) in [5, 5.41) is 13.6. The predicted molar refractivity (Wildman–Crippen MR) is 68.3 cm³/mol. The minimum Gasteiger partial charge on any atom is -0.392 e. The summed E-state index contributed by atoms with van der Waals surface area (Å²) in [4.78, 5) is 0. The second kappa shape index (κ2) is 4.72. The molecule has 2 aromatic rings. The number of aryl methyl sites for hydroxylation is 1. The van der Waals surface area contributed by atoms with Crippen LogP contribution in [0.25, 0.3) is 5.69 Å². The van der Waals surface area contributed by atoms with Gasteiger partial charge in [-0.15, -0.1) is 0 Å². The molecule has 0 aliphatic carbocycles. The van der Waals surface area contributed by atoms with Crippen molar-refractivity contribution in [3.8, 4) is 5.69 Å². The summed E-state index contributed by atoms with van der Waals surface area (Å²) in [6.07, 6.45) is 1.98. The fourth-order valence-electron chi connectivity index (χ4n) is 1.85. The second-order valence-electron chi connectivity index (χ2n) is 4.62. The van der Waals surface area contributed by atoms with Crippen LogP contribution in [-0.4, -0.2) is 14.9 Å². The molecular weight excluding hydrogens is 212 g/mol. The number of hydrogen-bond acceptors (Lipinski definition) is 2. The first kappa shape index (κ1) is 11.9. The van der Waals surface area contributed by atoms with Crippen molar-refractivity contribution in [2.75, 3.05) is 0 Å². The highest BCUT2D eigenvalue weighted by Crippen LogP contribution is 2.18. The Kier molecular flexibility index (Phi) is 3.29. The lowest BCUT2D eigenvalue weighted by atomic mass is 10.1. The van der Waals surface area contributed by atoms with Gasteiger partial charge in [0, 0.05) is 6.20 Å². The molecule has 17 heavy (non-hydrogen) atoms. The summed E-state index contributed by atoms with van der Waals surface area (Å²) in [5.41, 5.74) is 4.21. The highest BCUT2D eigenvalue weighted by atomic mass is 16.3. The number of aliphatic hydroxyl groups excluding tert-OH is 1. The maximum atomic E-state index is 9.08. The van der Waals surface area contributed by atoms with Crippen molar-refractivity contribution in [3.63, 3.8) is 0 Å². The van der Waals surface area contributed by atoms with Crippen LogP contribution >= 0.6 is 0 Å². The number of nitrogens with zero attached hydrogens (tertiary/aromatic N) is 2. The van der Waals surface area contributed by atoms with Crippen molar-refractivity contribution in [1.29, 1.82) is 0 Å². The number of aliphatic hydroxyl groups is 1. The van der Waals surface area contributed by atoms with Gasteiger partial charge in [0.25, 0.3) is 0 Å². The molecule has 0 aliphatic rings. The van der Waals surface area contributed by atoms with Crippen LogP contribution in [0.15, 0.2) is 30.5 Å². The SMILES string of the molecule is Cc1cc(CO)ccc1-n1ccc(C(C)C)n1. The van der Waals surface area contributed by atoms with Gasteiger partial charge in [0.2, 0.25) is 0 Å². The van der Waals surface area contributed by atoms with E-state index in [4.69, 9.17) is 5.11 Å². The van der Waals surface area contributed by atoms with Crippen LogP contribution in [0.4, 0.5) is 0 Å². The van der Waals surface area contributed by atoms with Crippen LogP contribution < -0.4 is 0 Å². The maximum absolute atomic E-state index is 9.08. The Labute approximate surface area is 102 Å². The molecule has 1 heterocycles. The van der Waals surface area contributed by atoms with Crippen LogP contribution in [0, 0.1) is 6.92 Å². The zero-order chi connectivity index (χ0) is 12.4. The molecule has 0 amide bonds. The maximum Gasteiger partial charge on any atom is 0.0681 e. The zero-order valence-electron chi connectivity index (χ0n) is 10.5. The lowest BCUT2D eigenvalue weighted by Crippen LogP contribution is -2.00. The normalized spacial score (nSPS) is 11.1. The first-order valence-electron chi connectivity index (χ1n) is 5.88. The Balaban J connectivity index is 2.38. The first-order valence-corrected chi connectivity index (χ1v) is 5.88. The fourth-order valence-corrected chi connectivity index (χ4v) is 1.85. The van der Waals surface area contributed by atoms with Crippen LogP contribution in [0.3, 0.4) is 0 Å². The number of benzene rings is 1. The molecule has 0 aliphatic heterocycles. The van der Waals surface area contributed by atoms with E-state index in [1.807, 2.05) is 42.1 Å². The zero-order valence-corrected chi connectivity index (χ0v) is 10.5. The van der Waals surface area contributed by atoms with E-state index >= 15 is 0 Å². The van der Waals surface area contributed by atoms with E-state index in [0.29, 0.717) is 5.92 Å². The number of hydrogen-bond donors (Lipinski definition) is 1. The molecule has 3 nitrogen and oxygen atoms in total. The third-order valence-corrected chi connectivity index (χ3v) is 2.89. The Morgan fingerprint density at radius 1 is 1.29 bits per heavy atom. The van der Waals surface area contributed by atoms with Gasteiger partial charge in [-0.3, -0.25) is 0 Å². The van der Waals surface area contributed by atoms with Gasteiger partial charge >= 0.3 is 0 Å². The van der Waals surface area contributed by atoms with Gasteiger partial charge in [0.1, 0.15) is 0 Å². The van der Waals surface area contributed by atoms with Gasteiger partial charge < -0.3 is 5.11 Å². The monoisotopic (exact) mass is 230 g/mol. The highest BCUT2D eigenvalue weighted by Gasteiger charge is 2.07. The van der Waals surface area contributed by atoms with Crippen molar-refractivity contribution >= 4 is 0 Å². The molecule has 0 saturated carbocycles. The molecule has 3 heteroatoms. The summed E-state index contributed by atoms with van der Waals surface area (Å²) in [6, 6.07) is 7.97. The third kappa shape index (κ3) is 2.39. The standard InChI is InChI=1S/C14H18N2O/c1-10(2)13-6-7-16(15-13)14-5-4-12(9-17)8-11(14)3/h4-8,10,17H,9H2,1-3H3. The number of aromatic nitrogens is 2. The Morgan fingerprint density at radius 2 is 2.06 bits per heavy atom. The minimum atomic E-state index is 0.0808. The molecule has 1 aromatic heterocycles. The van der Waals surface area contributed by atoms with E-state index in [0.717, 1.165) is 22.5 Å². The molecule has 0 radical (unpaired) electrons. The van der Waals surface area contributed by atoms with Crippen molar-refractivity contribution < 1.29 is 5.11 Å². The number of rotatable bonds is 3. The summed E-state index contributed by atoms with van der Waals surface area (Å²) in [5.74, 6) is 0.438. The summed E-state index contributed by atoms with van der Waals surface area (Å²) < 4.78 is 1.89. The Bertz CT molecular complexity index is 515. The van der Waals surface area contributed by atoms with Gasteiger partial charge in [-0.25, -0.2) is 4.68 Å². The van der Waals surface area contributed by atoms with E-state index in [1.54, 1.807) is 0 Å². The first-order chi connectivity index (χ1) is 8.11. The minimum absolute atomic E-state index is 0.0808. The van der Waals surface area contributed by atoms with Crippen LogP contribution in [-0.2, 0) is 6.61 Å². The molecule has 0 atom stereocenters. The van der Waals surface area contributed by atoms with E-state index in [1.165, 1.54) is 0 Å². The van der Waals surface area contributed by atoms with E-state index in [9.17, 15) is 0 Å². The molecule has 90 valence electrons. The Morgan fingerprint density at radius 3 is 2.59 bits per heavy atom. The van der Waals surface area contributed by atoms with Crippen molar-refractivity contribution in [2.45, 2.75) is 33.3 Å². The smallest absolute Gasteiger partial charge is 0.0681 e. The average Bonchev–Trinajstić information content (AvgIpc) is 2.78. The van der Waals surface area contributed by atoms with Gasteiger partial charge in [-0.2, -0.15) is 5.10 Å². The van der Waals surface area contributed by atoms with E-state index in [2.05, 4.69) is 18.9 Å². The Hall–Kier alpha value is -1.61. The van der Waals surface area contributed by atoms with Crippen molar-refractivity contribution in [1.82, 2.24) is 9.78 Å². The lowest BCUT2D eigenvalue weighted by Gasteiger charge is -2.07. The quantitative estimate of drug-likeness (QED) is 0.880. The predicted octanol–water partition coefficient (Wildman–Crippen LogP) is 2.80. The fraction of sp³-hybridized carbons (Fsp3) is 0.357. The van der Waals surface area contributed by atoms with Crippen LogP contribution in [0.2, 0.25) is 0 Å². The van der Waals surface area contributed by atoms with Gasteiger partial charge in [0.15, 0.2) is 0 Å². The van der Waals surface area contributed by atoms with Crippen LogP contribution in [0.1, 0.15) is 36.6 Å². The average molecular weight is 230 g/mol.